The number of benzene rings is 4. The lowest BCUT2D eigenvalue weighted by atomic mass is 10.0. The Morgan fingerprint density at radius 1 is 0.727 bits per heavy atom. The van der Waals surface area contributed by atoms with Crippen molar-refractivity contribution in [2.24, 2.45) is 0 Å². The van der Waals surface area contributed by atoms with E-state index in [-0.39, 0.29) is 5.54 Å². The maximum absolute atomic E-state index is 5.03. The standard InChI is InChI=1S/C29H23N3S/c1-29(2,3)32-24-16-15-18(17-25(24)31-23-13-6-5-12-22(23)30-28(31)32)19-10-8-11-21-20-9-4-7-14-26(20)33-27(19)21/h4-17H,1-3H3. The van der Waals surface area contributed by atoms with Gasteiger partial charge in [0.05, 0.1) is 22.1 Å². The van der Waals surface area contributed by atoms with Crippen LogP contribution in [0.1, 0.15) is 20.8 Å². The van der Waals surface area contributed by atoms with Crippen LogP contribution >= 0.6 is 11.3 Å². The lowest BCUT2D eigenvalue weighted by molar-refractivity contribution is 0.419. The fourth-order valence-electron chi connectivity index (χ4n) is 5.20. The van der Waals surface area contributed by atoms with Crippen molar-refractivity contribution in [2.45, 2.75) is 26.3 Å². The Bertz CT molecular complexity index is 1860. The fraction of sp³-hybridized carbons (Fsp3) is 0.138. The van der Waals surface area contributed by atoms with Gasteiger partial charge in [-0.2, -0.15) is 0 Å². The van der Waals surface area contributed by atoms with Crippen LogP contribution in [0.3, 0.4) is 0 Å². The molecular formula is C29H23N3S. The van der Waals surface area contributed by atoms with E-state index in [1.54, 1.807) is 0 Å². The Morgan fingerprint density at radius 3 is 2.39 bits per heavy atom. The first kappa shape index (κ1) is 18.9. The zero-order chi connectivity index (χ0) is 22.3. The van der Waals surface area contributed by atoms with Crippen LogP contribution in [0.25, 0.3) is 59.1 Å². The summed E-state index contributed by atoms with van der Waals surface area (Å²) in [6.07, 6.45) is 0. The van der Waals surface area contributed by atoms with Crippen molar-refractivity contribution in [1.82, 2.24) is 14.0 Å². The number of aromatic nitrogens is 3. The van der Waals surface area contributed by atoms with Gasteiger partial charge in [0.1, 0.15) is 0 Å². The van der Waals surface area contributed by atoms with Gasteiger partial charge in [-0.05, 0) is 62.2 Å². The topological polar surface area (TPSA) is 22.2 Å². The lowest BCUT2D eigenvalue weighted by Crippen LogP contribution is -2.21. The summed E-state index contributed by atoms with van der Waals surface area (Å²) in [5, 5.41) is 2.67. The van der Waals surface area contributed by atoms with Crippen molar-refractivity contribution < 1.29 is 0 Å². The second kappa shape index (κ2) is 6.46. The molecule has 3 nitrogen and oxygen atoms in total. The first-order chi connectivity index (χ1) is 16.0. The van der Waals surface area contributed by atoms with E-state index in [0.29, 0.717) is 0 Å². The molecule has 0 atom stereocenters. The molecule has 3 aromatic heterocycles. The lowest BCUT2D eigenvalue weighted by Gasteiger charge is -2.22. The van der Waals surface area contributed by atoms with Crippen LogP contribution in [0.5, 0.6) is 0 Å². The van der Waals surface area contributed by atoms with E-state index in [4.69, 9.17) is 4.98 Å². The van der Waals surface area contributed by atoms with Crippen molar-refractivity contribution in [2.75, 3.05) is 0 Å². The largest absolute Gasteiger partial charge is 0.304 e. The van der Waals surface area contributed by atoms with E-state index in [2.05, 4.69) is 115 Å². The first-order valence-electron chi connectivity index (χ1n) is 11.3. The maximum Gasteiger partial charge on any atom is 0.216 e. The SMILES string of the molecule is CC(C)(C)n1c2ccc(-c3cccc4c3sc3ccccc34)cc2n2c3ccccc3nc12. The van der Waals surface area contributed by atoms with Gasteiger partial charge in [-0.3, -0.25) is 4.40 Å². The van der Waals surface area contributed by atoms with Gasteiger partial charge in [0.25, 0.3) is 0 Å². The predicted octanol–water partition coefficient (Wildman–Crippen LogP) is 8.23. The molecule has 0 aliphatic rings. The van der Waals surface area contributed by atoms with Gasteiger partial charge in [-0.25, -0.2) is 4.98 Å². The highest BCUT2D eigenvalue weighted by molar-refractivity contribution is 7.26. The van der Waals surface area contributed by atoms with Crippen LogP contribution in [0, 0.1) is 0 Å². The van der Waals surface area contributed by atoms with Crippen molar-refractivity contribution in [3.8, 4) is 11.1 Å². The van der Waals surface area contributed by atoms with E-state index in [1.807, 2.05) is 11.3 Å². The Kier molecular flexibility index (Phi) is 3.70. The molecule has 0 radical (unpaired) electrons. The van der Waals surface area contributed by atoms with Gasteiger partial charge >= 0.3 is 0 Å². The van der Waals surface area contributed by atoms with Gasteiger partial charge in [-0.15, -0.1) is 11.3 Å². The summed E-state index contributed by atoms with van der Waals surface area (Å²) >= 11 is 1.88. The number of imidazole rings is 2. The molecule has 0 aliphatic carbocycles. The fourth-order valence-corrected chi connectivity index (χ4v) is 6.44. The molecule has 0 saturated carbocycles. The number of rotatable bonds is 1. The molecule has 7 rings (SSSR count). The molecule has 0 amide bonds. The van der Waals surface area contributed by atoms with E-state index >= 15 is 0 Å². The molecule has 4 aromatic carbocycles. The van der Waals surface area contributed by atoms with Gasteiger partial charge in [0, 0.05) is 25.7 Å². The molecule has 33 heavy (non-hydrogen) atoms. The van der Waals surface area contributed by atoms with E-state index in [0.717, 1.165) is 16.8 Å². The third-order valence-electron chi connectivity index (χ3n) is 6.59. The second-order valence-corrected chi connectivity index (χ2v) is 10.8. The predicted molar refractivity (Wildman–Crippen MR) is 142 cm³/mol. The molecule has 0 unspecified atom stereocenters. The second-order valence-electron chi connectivity index (χ2n) is 9.73. The van der Waals surface area contributed by atoms with Crippen molar-refractivity contribution in [3.05, 3.63) is 84.9 Å². The average Bonchev–Trinajstić information content (AvgIpc) is 3.46. The van der Waals surface area contributed by atoms with Crippen molar-refractivity contribution in [3.63, 3.8) is 0 Å². The van der Waals surface area contributed by atoms with Crippen LogP contribution in [-0.4, -0.2) is 14.0 Å². The van der Waals surface area contributed by atoms with Crippen LogP contribution in [0.2, 0.25) is 0 Å². The van der Waals surface area contributed by atoms with E-state index in [9.17, 15) is 0 Å². The molecule has 0 saturated heterocycles. The Hall–Kier alpha value is -3.63. The zero-order valence-corrected chi connectivity index (χ0v) is 19.6. The molecule has 0 N–H and O–H groups in total. The Morgan fingerprint density at radius 2 is 1.52 bits per heavy atom. The van der Waals surface area contributed by atoms with Crippen LogP contribution < -0.4 is 0 Å². The summed E-state index contributed by atoms with van der Waals surface area (Å²) in [5.74, 6) is 0.996. The van der Waals surface area contributed by atoms with E-state index < -0.39 is 0 Å². The first-order valence-corrected chi connectivity index (χ1v) is 12.2. The number of fused-ring (bicyclic) bond motifs is 8. The summed E-state index contributed by atoms with van der Waals surface area (Å²) in [6, 6.07) is 30.7. The zero-order valence-electron chi connectivity index (χ0n) is 18.8. The van der Waals surface area contributed by atoms with Crippen LogP contribution in [0.15, 0.2) is 84.9 Å². The van der Waals surface area contributed by atoms with Crippen molar-refractivity contribution in [1.29, 1.82) is 0 Å². The normalized spacial score (nSPS) is 12.7. The third-order valence-corrected chi connectivity index (χ3v) is 7.81. The van der Waals surface area contributed by atoms with E-state index in [1.165, 1.54) is 42.3 Å². The number of hydrogen-bond donors (Lipinski definition) is 0. The third kappa shape index (κ3) is 2.58. The minimum Gasteiger partial charge on any atom is -0.304 e. The quantitative estimate of drug-likeness (QED) is 0.249. The number of thiophene rings is 1. The summed E-state index contributed by atoms with van der Waals surface area (Å²) in [7, 11) is 0. The molecule has 7 aromatic rings. The molecule has 0 aliphatic heterocycles. The number of hydrogen-bond acceptors (Lipinski definition) is 2. The van der Waals surface area contributed by atoms with Crippen LogP contribution in [-0.2, 0) is 5.54 Å². The number of nitrogens with zero attached hydrogens (tertiary/aromatic N) is 3. The molecule has 160 valence electrons. The van der Waals surface area contributed by atoms with Crippen LogP contribution in [0.4, 0.5) is 0 Å². The summed E-state index contributed by atoms with van der Waals surface area (Å²) in [4.78, 5) is 5.03. The highest BCUT2D eigenvalue weighted by Gasteiger charge is 2.24. The minimum atomic E-state index is -0.0859. The average molecular weight is 446 g/mol. The molecule has 0 fully saturated rings. The van der Waals surface area contributed by atoms with Gasteiger partial charge < -0.3 is 4.57 Å². The highest BCUT2D eigenvalue weighted by Crippen LogP contribution is 2.41. The monoisotopic (exact) mass is 445 g/mol. The van der Waals surface area contributed by atoms with Gasteiger partial charge in [-0.1, -0.05) is 54.6 Å². The smallest absolute Gasteiger partial charge is 0.216 e. The van der Waals surface area contributed by atoms with Gasteiger partial charge in [0.15, 0.2) is 0 Å². The molecule has 0 spiro atoms. The van der Waals surface area contributed by atoms with Crippen molar-refractivity contribution >= 4 is 59.4 Å². The number of para-hydroxylation sites is 2. The highest BCUT2D eigenvalue weighted by atomic mass is 32.1. The maximum atomic E-state index is 5.03. The Balaban J connectivity index is 1.59. The molecule has 0 bridgehead atoms. The summed E-state index contributed by atoms with van der Waals surface area (Å²) < 4.78 is 7.37. The Labute approximate surface area is 195 Å². The summed E-state index contributed by atoms with van der Waals surface area (Å²) in [6.45, 7) is 6.74. The molecule has 3 heterocycles. The van der Waals surface area contributed by atoms with Gasteiger partial charge in [0.2, 0.25) is 5.78 Å². The molecule has 4 heteroatoms. The molecular weight excluding hydrogens is 422 g/mol. The minimum absolute atomic E-state index is 0.0859. The summed E-state index contributed by atoms with van der Waals surface area (Å²) in [5.41, 5.74) is 7.04.